The normalized spacial score (nSPS) is 16.7. The standard InChI is InChI=1S/C46H52FN11O3/c1-29-23-37(39(47)25-32(29)26-49-43(60)44-50-45(54-61-44)46(2,3)4)41-38-24-33(27-48-42(38)52-51-41)31-5-7-34(8-6-31)57-21-19-55(20-22-57)28-30-13-16-56(17-14-30)35-9-11-36(12-10-35)58-18-15-40(59)53-58/h5-12,23-25,27,30H,13-22,26,28H2,1-4H3,(H,49,60)(H,53,59)(H,48,51,52). The monoisotopic (exact) mass is 825 g/mol. The minimum atomic E-state index is -0.518. The highest BCUT2D eigenvalue weighted by Gasteiger charge is 2.27. The molecule has 6 heterocycles. The number of piperidine rings is 1. The molecule has 15 heteroatoms. The summed E-state index contributed by atoms with van der Waals surface area (Å²) in [5.41, 5.74) is 10.8. The number of carbonyl (C=O) groups is 2. The minimum absolute atomic E-state index is 0.0773. The van der Waals surface area contributed by atoms with Crippen LogP contribution in [0.1, 0.15) is 67.7 Å². The lowest BCUT2D eigenvalue weighted by Gasteiger charge is -2.40. The van der Waals surface area contributed by atoms with Gasteiger partial charge in [0.2, 0.25) is 5.91 Å². The van der Waals surface area contributed by atoms with Gasteiger partial charge in [0.15, 0.2) is 11.5 Å². The summed E-state index contributed by atoms with van der Waals surface area (Å²) >= 11 is 0. The topological polar surface area (TPSA) is 152 Å². The number of rotatable bonds is 10. The third kappa shape index (κ3) is 8.65. The van der Waals surface area contributed by atoms with E-state index in [0.29, 0.717) is 47.2 Å². The van der Waals surface area contributed by atoms with Crippen molar-refractivity contribution in [3.8, 4) is 22.4 Å². The fraction of sp³-hybridized carbons (Fsp3) is 0.391. The van der Waals surface area contributed by atoms with Crippen LogP contribution < -0.4 is 25.6 Å². The van der Waals surface area contributed by atoms with Gasteiger partial charge in [-0.25, -0.2) is 9.37 Å². The highest BCUT2D eigenvalue weighted by molar-refractivity contribution is 5.94. The van der Waals surface area contributed by atoms with Crippen LogP contribution in [0.2, 0.25) is 0 Å². The largest absolute Gasteiger partial charge is 0.372 e. The van der Waals surface area contributed by atoms with E-state index in [2.05, 4.69) is 99.3 Å². The summed E-state index contributed by atoms with van der Waals surface area (Å²) in [6.45, 7) is 15.8. The second kappa shape index (κ2) is 16.6. The zero-order valence-corrected chi connectivity index (χ0v) is 35.2. The first-order valence-electron chi connectivity index (χ1n) is 21.2. The molecular formula is C46H52FN11O3. The zero-order valence-electron chi connectivity index (χ0n) is 35.2. The second-order valence-electron chi connectivity index (χ2n) is 17.5. The smallest absolute Gasteiger partial charge is 0.315 e. The van der Waals surface area contributed by atoms with Gasteiger partial charge in [0.05, 0.1) is 11.4 Å². The van der Waals surface area contributed by atoms with Gasteiger partial charge >= 0.3 is 11.8 Å². The molecule has 0 unspecified atom stereocenters. The van der Waals surface area contributed by atoms with Crippen LogP contribution in [0.5, 0.6) is 0 Å². The second-order valence-corrected chi connectivity index (χ2v) is 17.5. The Morgan fingerprint density at radius 3 is 2.25 bits per heavy atom. The first-order chi connectivity index (χ1) is 29.4. The molecule has 6 aromatic rings. The lowest BCUT2D eigenvalue weighted by atomic mass is 9.95. The summed E-state index contributed by atoms with van der Waals surface area (Å²) in [4.78, 5) is 40.7. The molecule has 3 aliphatic rings. The number of amides is 2. The van der Waals surface area contributed by atoms with Gasteiger partial charge in [-0.05, 0) is 97.0 Å². The van der Waals surface area contributed by atoms with Crippen molar-refractivity contribution in [2.24, 2.45) is 5.92 Å². The van der Waals surface area contributed by atoms with E-state index in [9.17, 15) is 9.59 Å². The van der Waals surface area contributed by atoms with Crippen molar-refractivity contribution >= 4 is 39.9 Å². The number of pyridine rings is 1. The van der Waals surface area contributed by atoms with Crippen LogP contribution in [0.3, 0.4) is 0 Å². The Kier molecular flexibility index (Phi) is 10.9. The van der Waals surface area contributed by atoms with Crippen molar-refractivity contribution in [2.45, 2.75) is 58.9 Å². The van der Waals surface area contributed by atoms with E-state index in [0.717, 1.165) is 73.6 Å². The average molecular weight is 826 g/mol. The summed E-state index contributed by atoms with van der Waals surface area (Å²) in [5.74, 6) is 0.128. The van der Waals surface area contributed by atoms with Gasteiger partial charge < -0.3 is 19.6 Å². The van der Waals surface area contributed by atoms with Crippen LogP contribution in [0, 0.1) is 18.7 Å². The molecule has 3 fully saturated rings. The summed E-state index contributed by atoms with van der Waals surface area (Å²) in [6.07, 6.45) is 4.74. The van der Waals surface area contributed by atoms with Crippen LogP contribution in [-0.4, -0.2) is 94.4 Å². The number of hydrazine groups is 1. The molecule has 0 radical (unpaired) electrons. The summed E-state index contributed by atoms with van der Waals surface area (Å²) in [6, 6.07) is 22.4. The Morgan fingerprint density at radius 2 is 1.57 bits per heavy atom. The Hall–Kier alpha value is -6.35. The van der Waals surface area contributed by atoms with Gasteiger partial charge in [0.25, 0.3) is 0 Å². The number of nitrogens with zero attached hydrogens (tertiary/aromatic N) is 8. The Morgan fingerprint density at radius 1 is 0.885 bits per heavy atom. The van der Waals surface area contributed by atoms with E-state index in [4.69, 9.17) is 4.52 Å². The molecule has 0 atom stereocenters. The highest BCUT2D eigenvalue weighted by atomic mass is 19.1. The molecule has 0 aliphatic carbocycles. The minimum Gasteiger partial charge on any atom is -0.372 e. The van der Waals surface area contributed by atoms with E-state index < -0.39 is 11.7 Å². The molecule has 2 amide bonds. The van der Waals surface area contributed by atoms with E-state index in [1.54, 1.807) is 12.3 Å². The van der Waals surface area contributed by atoms with Crippen molar-refractivity contribution in [1.29, 1.82) is 0 Å². The summed E-state index contributed by atoms with van der Waals surface area (Å²) < 4.78 is 20.9. The first kappa shape index (κ1) is 40.1. The number of piperazine rings is 1. The molecule has 0 saturated carbocycles. The van der Waals surface area contributed by atoms with E-state index >= 15 is 4.39 Å². The Bertz CT molecular complexity index is 2530. The molecule has 3 aliphatic heterocycles. The van der Waals surface area contributed by atoms with E-state index in [-0.39, 0.29) is 23.8 Å². The molecular weight excluding hydrogens is 774 g/mol. The van der Waals surface area contributed by atoms with Gasteiger partial charge in [-0.3, -0.25) is 30.0 Å². The van der Waals surface area contributed by atoms with Gasteiger partial charge in [0, 0.05) is 105 Å². The first-order valence-corrected chi connectivity index (χ1v) is 21.2. The number of hydrogen-bond acceptors (Lipinski definition) is 11. The summed E-state index contributed by atoms with van der Waals surface area (Å²) in [5, 5.41) is 16.7. The third-order valence-corrected chi connectivity index (χ3v) is 12.3. The maximum Gasteiger partial charge on any atom is 0.315 e. The molecule has 61 heavy (non-hydrogen) atoms. The predicted octanol–water partition coefficient (Wildman–Crippen LogP) is 6.63. The number of halogens is 1. The number of aromatic nitrogens is 5. The quantitative estimate of drug-likeness (QED) is 0.137. The average Bonchev–Trinajstić information content (AvgIpc) is 4.05. The van der Waals surface area contributed by atoms with Crippen LogP contribution >= 0.6 is 0 Å². The molecule has 316 valence electrons. The highest BCUT2D eigenvalue weighted by Crippen LogP contribution is 2.33. The lowest BCUT2D eigenvalue weighted by molar-refractivity contribution is -0.119. The third-order valence-electron chi connectivity index (χ3n) is 12.3. The maximum atomic E-state index is 15.8. The van der Waals surface area contributed by atoms with Gasteiger partial charge in [-0.15, -0.1) is 0 Å². The molecule has 3 saturated heterocycles. The van der Waals surface area contributed by atoms with Crippen LogP contribution in [-0.2, 0) is 16.8 Å². The SMILES string of the molecule is Cc1cc(-c2[nH]nc3ncc(-c4ccc(N5CCN(CC6CCN(c7ccc(N8CCC(=O)N8)cc7)CC6)CC5)cc4)cc23)c(F)cc1CNC(=O)c1nc(C(C)(C)C)no1. The van der Waals surface area contributed by atoms with Crippen molar-refractivity contribution in [3.05, 3.63) is 102 Å². The number of fused-ring (bicyclic) bond motifs is 1. The number of carbonyl (C=O) groups excluding carboxylic acids is 2. The summed E-state index contributed by atoms with van der Waals surface area (Å²) in [7, 11) is 0. The molecule has 14 nitrogen and oxygen atoms in total. The lowest BCUT2D eigenvalue weighted by Crippen LogP contribution is -2.49. The maximum absolute atomic E-state index is 15.8. The molecule has 0 bridgehead atoms. The van der Waals surface area contributed by atoms with Crippen molar-refractivity contribution in [2.75, 3.05) is 67.2 Å². The molecule has 3 aromatic carbocycles. The van der Waals surface area contributed by atoms with Gasteiger partial charge in [-0.1, -0.05) is 38.1 Å². The Labute approximate surface area is 354 Å². The van der Waals surface area contributed by atoms with Crippen molar-refractivity contribution in [1.82, 2.24) is 41.0 Å². The number of benzene rings is 3. The fourth-order valence-corrected chi connectivity index (χ4v) is 8.54. The van der Waals surface area contributed by atoms with E-state index in [1.165, 1.54) is 30.3 Å². The number of H-pyrrole nitrogens is 1. The number of aryl methyl sites for hydroxylation is 1. The molecule has 0 spiro atoms. The number of nitrogens with one attached hydrogen (secondary N) is 3. The van der Waals surface area contributed by atoms with Crippen LogP contribution in [0.4, 0.5) is 21.5 Å². The van der Waals surface area contributed by atoms with Crippen molar-refractivity contribution in [3.63, 3.8) is 0 Å². The molecule has 9 rings (SSSR count). The molecule has 3 aromatic heterocycles. The fourth-order valence-electron chi connectivity index (χ4n) is 8.54. The van der Waals surface area contributed by atoms with Crippen LogP contribution in [0.25, 0.3) is 33.4 Å². The van der Waals surface area contributed by atoms with E-state index in [1.807, 2.05) is 38.8 Å². The zero-order chi connectivity index (χ0) is 42.3. The number of anilines is 3. The number of hydrogen-bond donors (Lipinski definition) is 3. The number of aromatic amines is 1. The van der Waals surface area contributed by atoms with Crippen LogP contribution in [0.15, 0.2) is 77.4 Å². The van der Waals surface area contributed by atoms with Crippen molar-refractivity contribution < 1.29 is 18.5 Å². The van der Waals surface area contributed by atoms with Gasteiger partial charge in [-0.2, -0.15) is 10.1 Å². The molecule has 3 N–H and O–H groups in total. The Balaban J connectivity index is 0.778. The predicted molar refractivity (Wildman–Crippen MR) is 234 cm³/mol. The van der Waals surface area contributed by atoms with Gasteiger partial charge in [0.1, 0.15) is 5.82 Å².